The van der Waals surface area contributed by atoms with Gasteiger partial charge in [-0.05, 0) is 19.9 Å². The molecule has 70 valence electrons. The van der Waals surface area contributed by atoms with Crippen LogP contribution in [0.25, 0.3) is 0 Å². The molecule has 1 saturated heterocycles. The highest BCUT2D eigenvalue weighted by molar-refractivity contribution is 7.32. The standard InChI is InChI=1S/C6H12NO4P/c1-7-6-3-2-5(11-6)4-10-12(8)9/h5-7H,2-4H2,1H3/p+1. The van der Waals surface area contributed by atoms with E-state index in [0.29, 0.717) is 0 Å². The lowest BCUT2D eigenvalue weighted by Gasteiger charge is -2.09. The normalized spacial score (nSPS) is 30.7. The molecule has 0 bridgehead atoms. The molecule has 0 radical (unpaired) electrons. The number of hydrogen-bond donors (Lipinski definition) is 2. The third kappa shape index (κ3) is 3.13. The van der Waals surface area contributed by atoms with E-state index in [1.54, 1.807) is 0 Å². The third-order valence-corrected chi connectivity index (χ3v) is 2.17. The molecule has 0 aromatic carbocycles. The molecule has 1 fully saturated rings. The van der Waals surface area contributed by atoms with E-state index in [9.17, 15) is 4.57 Å². The molecule has 0 saturated carbocycles. The van der Waals surface area contributed by atoms with Crippen molar-refractivity contribution in [2.45, 2.75) is 25.2 Å². The van der Waals surface area contributed by atoms with Crippen LogP contribution >= 0.6 is 8.25 Å². The summed E-state index contributed by atoms with van der Waals surface area (Å²) < 4.78 is 20.1. The molecule has 0 amide bonds. The fourth-order valence-corrected chi connectivity index (χ4v) is 1.48. The second kappa shape index (κ2) is 4.84. The minimum atomic E-state index is -2.49. The van der Waals surface area contributed by atoms with Crippen molar-refractivity contribution >= 4 is 8.25 Å². The van der Waals surface area contributed by atoms with Gasteiger partial charge in [0.2, 0.25) is 0 Å². The van der Waals surface area contributed by atoms with Crippen LogP contribution in [0.2, 0.25) is 0 Å². The molecule has 1 aliphatic heterocycles. The first-order valence-corrected chi connectivity index (χ1v) is 4.97. The summed E-state index contributed by atoms with van der Waals surface area (Å²) in [7, 11) is -0.666. The van der Waals surface area contributed by atoms with Crippen molar-refractivity contribution in [1.29, 1.82) is 0 Å². The van der Waals surface area contributed by atoms with E-state index in [1.807, 2.05) is 7.05 Å². The number of hydrogen-bond acceptors (Lipinski definition) is 4. The summed E-state index contributed by atoms with van der Waals surface area (Å²) in [5.41, 5.74) is 0. The maximum absolute atomic E-state index is 10.2. The summed E-state index contributed by atoms with van der Waals surface area (Å²) in [6.45, 7) is 0.198. The molecule has 0 aromatic heterocycles. The van der Waals surface area contributed by atoms with Gasteiger partial charge in [0.05, 0.1) is 6.10 Å². The lowest BCUT2D eigenvalue weighted by atomic mass is 10.2. The molecule has 0 aromatic rings. The minimum Gasteiger partial charge on any atom is -0.358 e. The predicted molar refractivity (Wildman–Crippen MR) is 42.7 cm³/mol. The Morgan fingerprint density at radius 1 is 1.75 bits per heavy atom. The van der Waals surface area contributed by atoms with Gasteiger partial charge in [-0.25, -0.2) is 0 Å². The van der Waals surface area contributed by atoms with Gasteiger partial charge < -0.3 is 4.74 Å². The molecule has 12 heavy (non-hydrogen) atoms. The summed E-state index contributed by atoms with van der Waals surface area (Å²) in [6, 6.07) is 0. The maximum Gasteiger partial charge on any atom is 0.694 e. The van der Waals surface area contributed by atoms with E-state index in [2.05, 4.69) is 9.84 Å². The highest BCUT2D eigenvalue weighted by atomic mass is 31.1. The molecule has 1 aliphatic rings. The van der Waals surface area contributed by atoms with Gasteiger partial charge in [-0.1, -0.05) is 0 Å². The van der Waals surface area contributed by atoms with Gasteiger partial charge in [-0.15, -0.1) is 9.42 Å². The van der Waals surface area contributed by atoms with E-state index < -0.39 is 8.25 Å². The summed E-state index contributed by atoms with van der Waals surface area (Å²) in [6.07, 6.45) is 1.81. The molecule has 1 rings (SSSR count). The first-order chi connectivity index (χ1) is 5.72. The zero-order valence-electron chi connectivity index (χ0n) is 6.90. The van der Waals surface area contributed by atoms with Crippen LogP contribution in [0.4, 0.5) is 0 Å². The van der Waals surface area contributed by atoms with Crippen LogP contribution in [0.1, 0.15) is 12.8 Å². The smallest absolute Gasteiger partial charge is 0.358 e. The number of nitrogens with one attached hydrogen (secondary N) is 1. The van der Waals surface area contributed by atoms with Crippen molar-refractivity contribution in [3.8, 4) is 0 Å². The van der Waals surface area contributed by atoms with Gasteiger partial charge in [0.15, 0.2) is 0 Å². The van der Waals surface area contributed by atoms with Crippen LogP contribution in [0.15, 0.2) is 0 Å². The van der Waals surface area contributed by atoms with Crippen molar-refractivity contribution in [3.05, 3.63) is 0 Å². The number of ether oxygens (including phenoxy) is 1. The van der Waals surface area contributed by atoms with Gasteiger partial charge in [0, 0.05) is 4.57 Å². The molecule has 6 heteroatoms. The molecule has 0 spiro atoms. The molecule has 1 heterocycles. The van der Waals surface area contributed by atoms with Crippen LogP contribution in [0.5, 0.6) is 0 Å². The fraction of sp³-hybridized carbons (Fsp3) is 1.00. The second-order valence-electron chi connectivity index (χ2n) is 2.65. The van der Waals surface area contributed by atoms with Crippen LogP contribution < -0.4 is 5.32 Å². The lowest BCUT2D eigenvalue weighted by molar-refractivity contribution is 0.00571. The van der Waals surface area contributed by atoms with Gasteiger partial charge in [-0.2, -0.15) is 0 Å². The van der Waals surface area contributed by atoms with Crippen molar-refractivity contribution < 1.29 is 18.7 Å². The monoisotopic (exact) mass is 194 g/mol. The van der Waals surface area contributed by atoms with E-state index in [0.717, 1.165) is 12.8 Å². The maximum atomic E-state index is 10.2. The Hall–Kier alpha value is -0.0600. The zero-order chi connectivity index (χ0) is 8.97. The van der Waals surface area contributed by atoms with Crippen molar-refractivity contribution in [3.63, 3.8) is 0 Å². The Labute approximate surface area is 72.0 Å². The van der Waals surface area contributed by atoms with Gasteiger partial charge in [-0.3, -0.25) is 5.32 Å². The van der Waals surface area contributed by atoms with Gasteiger partial charge in [0.1, 0.15) is 12.8 Å². The Morgan fingerprint density at radius 3 is 3.00 bits per heavy atom. The number of rotatable bonds is 4. The SMILES string of the molecule is CNC1CCC(CO[P+](=O)O)O1. The average Bonchev–Trinajstić information content (AvgIpc) is 2.48. The van der Waals surface area contributed by atoms with Crippen LogP contribution in [0.3, 0.4) is 0 Å². The fourth-order valence-electron chi connectivity index (χ4n) is 1.19. The van der Waals surface area contributed by atoms with Gasteiger partial charge in [0.25, 0.3) is 0 Å². The molecular formula is C6H13NO4P+. The van der Waals surface area contributed by atoms with E-state index in [-0.39, 0.29) is 18.9 Å². The predicted octanol–water partition coefficient (Wildman–Crippen LogP) is 0.377. The Bertz CT molecular complexity index is 166. The summed E-state index contributed by atoms with van der Waals surface area (Å²) in [5.74, 6) is 0. The molecular weight excluding hydrogens is 181 g/mol. The quantitative estimate of drug-likeness (QED) is 0.633. The van der Waals surface area contributed by atoms with Crippen molar-refractivity contribution in [2.24, 2.45) is 0 Å². The molecule has 0 aliphatic carbocycles. The highest BCUT2D eigenvalue weighted by Crippen LogP contribution is 2.22. The Morgan fingerprint density at radius 2 is 2.50 bits per heavy atom. The second-order valence-corrected chi connectivity index (χ2v) is 3.38. The molecule has 3 unspecified atom stereocenters. The van der Waals surface area contributed by atoms with E-state index in [4.69, 9.17) is 9.63 Å². The topological polar surface area (TPSA) is 67.8 Å². The largest absolute Gasteiger partial charge is 0.694 e. The van der Waals surface area contributed by atoms with Crippen LogP contribution in [-0.2, 0) is 13.8 Å². The van der Waals surface area contributed by atoms with Crippen molar-refractivity contribution in [1.82, 2.24) is 5.32 Å². The highest BCUT2D eigenvalue weighted by Gasteiger charge is 2.27. The zero-order valence-corrected chi connectivity index (χ0v) is 7.79. The minimum absolute atomic E-state index is 0.0476. The van der Waals surface area contributed by atoms with Crippen LogP contribution in [-0.4, -0.2) is 30.9 Å². The van der Waals surface area contributed by atoms with Crippen LogP contribution in [0, 0.1) is 0 Å². The Balaban J connectivity index is 2.15. The van der Waals surface area contributed by atoms with Gasteiger partial charge >= 0.3 is 8.25 Å². The molecule has 2 N–H and O–H groups in total. The first kappa shape index (κ1) is 10.0. The van der Waals surface area contributed by atoms with Crippen molar-refractivity contribution in [2.75, 3.05) is 13.7 Å². The average molecular weight is 194 g/mol. The summed E-state index contributed by atoms with van der Waals surface area (Å²) >= 11 is 0. The molecule has 3 atom stereocenters. The first-order valence-electron chi connectivity index (χ1n) is 3.84. The van der Waals surface area contributed by atoms with E-state index >= 15 is 0 Å². The van der Waals surface area contributed by atoms with E-state index in [1.165, 1.54) is 0 Å². The third-order valence-electron chi connectivity index (χ3n) is 1.80. The summed E-state index contributed by atoms with van der Waals surface area (Å²) in [4.78, 5) is 8.35. The summed E-state index contributed by atoms with van der Waals surface area (Å²) in [5, 5.41) is 2.97. The molecule has 5 nitrogen and oxygen atoms in total. The lowest BCUT2D eigenvalue weighted by Crippen LogP contribution is -2.26. The Kier molecular flexibility index (Phi) is 4.05.